The fourth-order valence-electron chi connectivity index (χ4n) is 6.32. The Hall–Kier alpha value is -3.88. The minimum Gasteiger partial charge on any atom is -0.385 e. The number of amides is 2. The van der Waals surface area contributed by atoms with Crippen LogP contribution in [-0.4, -0.2) is 46.6 Å². The highest BCUT2D eigenvalue weighted by molar-refractivity contribution is 6.30. The third-order valence-corrected chi connectivity index (χ3v) is 9.58. The van der Waals surface area contributed by atoms with E-state index in [2.05, 4.69) is 4.98 Å². The van der Waals surface area contributed by atoms with E-state index in [-0.39, 0.29) is 35.8 Å². The summed E-state index contributed by atoms with van der Waals surface area (Å²) in [6.45, 7) is 2.32. The van der Waals surface area contributed by atoms with E-state index in [9.17, 15) is 20.0 Å². The molecule has 1 aromatic heterocycles. The third kappa shape index (κ3) is 5.04. The van der Waals surface area contributed by atoms with Gasteiger partial charge in [-0.2, -0.15) is 5.26 Å². The lowest BCUT2D eigenvalue weighted by Gasteiger charge is -2.40. The molecule has 1 saturated heterocycles. The minimum atomic E-state index is -1.83. The van der Waals surface area contributed by atoms with Crippen molar-refractivity contribution in [1.29, 1.82) is 5.26 Å². The molecule has 1 saturated carbocycles. The highest BCUT2D eigenvalue weighted by atomic mass is 35.5. The molecule has 6 rings (SSSR count). The van der Waals surface area contributed by atoms with Crippen molar-refractivity contribution in [3.63, 3.8) is 0 Å². The molecule has 2 atom stereocenters. The Balaban J connectivity index is 1.54. The fourth-order valence-corrected chi connectivity index (χ4v) is 6.45. The van der Waals surface area contributed by atoms with Gasteiger partial charge in [0.15, 0.2) is 5.72 Å². The summed E-state index contributed by atoms with van der Waals surface area (Å²) in [4.78, 5) is 32.6. The zero-order valence-corrected chi connectivity index (χ0v) is 24.9. The normalized spacial score (nSPS) is 22.2. The van der Waals surface area contributed by atoms with Crippen LogP contribution in [0.15, 0.2) is 54.7 Å². The molecule has 0 bridgehead atoms. The quantitative estimate of drug-likeness (QED) is 0.359. The van der Waals surface area contributed by atoms with Crippen LogP contribution in [0.25, 0.3) is 0 Å². The highest BCUT2D eigenvalue weighted by Gasteiger charge is 2.58. The van der Waals surface area contributed by atoms with Gasteiger partial charge in [0.2, 0.25) is 5.91 Å². The number of carbonyl (C=O) groups is 2. The van der Waals surface area contributed by atoms with Crippen molar-refractivity contribution in [2.24, 2.45) is 17.1 Å². The van der Waals surface area contributed by atoms with Gasteiger partial charge in [-0.3, -0.25) is 19.5 Å². The number of pyridine rings is 1. The SMILES string of the molecule is CC(O)(c1cc(F)c2c(c1)C(=O)N(Cc1ccc(C#N)cn1)C2(OCC1(C(N)=O)CC1)c1ccc(Cl)cc1)C1CCOCC1. The molecule has 2 fully saturated rings. The van der Waals surface area contributed by atoms with E-state index >= 15 is 4.39 Å². The number of aliphatic hydroxyl groups is 1. The van der Waals surface area contributed by atoms with Gasteiger partial charge < -0.3 is 20.3 Å². The Kier molecular flexibility index (Phi) is 7.70. The van der Waals surface area contributed by atoms with Crippen LogP contribution in [0.1, 0.15) is 70.9 Å². The molecule has 3 N–H and O–H groups in total. The van der Waals surface area contributed by atoms with Crippen LogP contribution in [0.2, 0.25) is 5.02 Å². The Bertz CT molecular complexity index is 1650. The second-order valence-corrected chi connectivity index (χ2v) is 12.5. The molecule has 3 aliphatic rings. The molecular formula is C33H32ClFN4O5. The summed E-state index contributed by atoms with van der Waals surface area (Å²) in [6.07, 6.45) is 3.58. The summed E-state index contributed by atoms with van der Waals surface area (Å²) in [5.74, 6) is -2.02. The van der Waals surface area contributed by atoms with Crippen LogP contribution in [0.5, 0.6) is 0 Å². The molecule has 2 amide bonds. The number of halogens is 2. The first-order valence-corrected chi connectivity index (χ1v) is 14.9. The number of ether oxygens (including phenoxy) is 2. The van der Waals surface area contributed by atoms with Crippen molar-refractivity contribution >= 4 is 23.4 Å². The maximum absolute atomic E-state index is 16.7. The second-order valence-electron chi connectivity index (χ2n) is 12.0. The van der Waals surface area contributed by atoms with Crippen molar-refractivity contribution < 1.29 is 28.6 Å². The second kappa shape index (κ2) is 11.2. The molecule has 2 aliphatic heterocycles. The van der Waals surface area contributed by atoms with Gasteiger partial charge in [-0.1, -0.05) is 23.7 Å². The van der Waals surface area contributed by atoms with Gasteiger partial charge in [0, 0.05) is 30.0 Å². The standard InChI is InChI=1S/C33H32ClFN4O5/c1-31(42,21-8-12-43-13-9-21)23-14-26-28(27(35)15-23)33(22-3-5-24(34)6-4-22,44-19-32(10-11-32)30(37)41)39(29(26)40)18-25-7-2-20(16-36)17-38-25/h2-7,14-15,17,21,42H,8-13,18-19H2,1H3,(H2,37,41). The number of primary amides is 1. The van der Waals surface area contributed by atoms with E-state index in [0.717, 1.165) is 0 Å². The molecule has 11 heteroatoms. The van der Waals surface area contributed by atoms with Crippen molar-refractivity contribution in [2.75, 3.05) is 19.8 Å². The Morgan fingerprint density at radius 1 is 1.25 bits per heavy atom. The molecule has 2 unspecified atom stereocenters. The number of rotatable bonds is 9. The molecule has 3 aromatic rings. The summed E-state index contributed by atoms with van der Waals surface area (Å²) in [5.41, 5.74) is 2.97. The van der Waals surface area contributed by atoms with E-state index in [4.69, 9.17) is 26.8 Å². The lowest BCUT2D eigenvalue weighted by atomic mass is 9.77. The first-order valence-electron chi connectivity index (χ1n) is 14.5. The first kappa shape index (κ1) is 30.2. The molecule has 0 radical (unpaired) electrons. The van der Waals surface area contributed by atoms with Gasteiger partial charge in [0.05, 0.1) is 46.6 Å². The van der Waals surface area contributed by atoms with Crippen LogP contribution in [-0.2, 0) is 32.1 Å². The molecule has 9 nitrogen and oxygen atoms in total. The van der Waals surface area contributed by atoms with Gasteiger partial charge in [0.25, 0.3) is 5.91 Å². The van der Waals surface area contributed by atoms with E-state index in [1.54, 1.807) is 43.3 Å². The van der Waals surface area contributed by atoms with E-state index in [1.165, 1.54) is 23.2 Å². The summed E-state index contributed by atoms with van der Waals surface area (Å²) < 4.78 is 28.8. The predicted octanol–water partition coefficient (Wildman–Crippen LogP) is 4.52. The van der Waals surface area contributed by atoms with Crippen molar-refractivity contribution in [3.8, 4) is 6.07 Å². The number of benzene rings is 2. The first-order chi connectivity index (χ1) is 21.0. The number of nitrogens with two attached hydrogens (primary N) is 1. The van der Waals surface area contributed by atoms with Gasteiger partial charge >= 0.3 is 0 Å². The Labute approximate surface area is 259 Å². The molecular weight excluding hydrogens is 587 g/mol. The average Bonchev–Trinajstić information content (AvgIpc) is 3.79. The lowest BCUT2D eigenvalue weighted by Crippen LogP contribution is -2.48. The lowest BCUT2D eigenvalue weighted by molar-refractivity contribution is -0.142. The smallest absolute Gasteiger partial charge is 0.257 e. The van der Waals surface area contributed by atoms with Crippen LogP contribution >= 0.6 is 11.6 Å². The van der Waals surface area contributed by atoms with Gasteiger partial charge in [-0.25, -0.2) is 4.39 Å². The average molecular weight is 619 g/mol. The van der Waals surface area contributed by atoms with E-state index < -0.39 is 34.4 Å². The maximum Gasteiger partial charge on any atom is 0.257 e. The molecule has 44 heavy (non-hydrogen) atoms. The van der Waals surface area contributed by atoms with Gasteiger partial charge in [0.1, 0.15) is 11.9 Å². The van der Waals surface area contributed by atoms with E-state index in [1.807, 2.05) is 6.07 Å². The predicted molar refractivity (Wildman–Crippen MR) is 157 cm³/mol. The van der Waals surface area contributed by atoms with Crippen LogP contribution in [0.4, 0.5) is 4.39 Å². The zero-order chi connectivity index (χ0) is 31.3. The van der Waals surface area contributed by atoms with Crippen molar-refractivity contribution in [2.45, 2.75) is 50.5 Å². The van der Waals surface area contributed by atoms with Gasteiger partial charge in [-0.05, 0) is 80.5 Å². The molecule has 1 aliphatic carbocycles. The molecule has 228 valence electrons. The fraction of sp³-hybridized carbons (Fsp3) is 0.394. The highest BCUT2D eigenvalue weighted by Crippen LogP contribution is 2.53. The number of carbonyl (C=O) groups excluding carboxylic acids is 2. The van der Waals surface area contributed by atoms with Crippen LogP contribution < -0.4 is 5.73 Å². The molecule has 2 aromatic carbocycles. The number of fused-ring (bicyclic) bond motifs is 1. The zero-order valence-electron chi connectivity index (χ0n) is 24.2. The Morgan fingerprint density at radius 3 is 2.55 bits per heavy atom. The van der Waals surface area contributed by atoms with Crippen molar-refractivity contribution in [1.82, 2.24) is 9.88 Å². The monoisotopic (exact) mass is 618 g/mol. The number of hydrogen-bond donors (Lipinski definition) is 2. The van der Waals surface area contributed by atoms with Crippen LogP contribution in [0, 0.1) is 28.5 Å². The third-order valence-electron chi connectivity index (χ3n) is 9.33. The minimum absolute atomic E-state index is 0.0276. The van der Waals surface area contributed by atoms with Gasteiger partial charge in [-0.15, -0.1) is 0 Å². The van der Waals surface area contributed by atoms with E-state index in [0.29, 0.717) is 60.7 Å². The number of aromatic nitrogens is 1. The number of nitrogens with zero attached hydrogens (tertiary/aromatic N) is 3. The maximum atomic E-state index is 16.7. The summed E-state index contributed by atoms with van der Waals surface area (Å²) in [7, 11) is 0. The Morgan fingerprint density at radius 2 is 1.95 bits per heavy atom. The topological polar surface area (TPSA) is 139 Å². The number of hydrogen-bond acceptors (Lipinski definition) is 7. The molecule has 3 heterocycles. The number of nitriles is 1. The largest absolute Gasteiger partial charge is 0.385 e. The summed E-state index contributed by atoms with van der Waals surface area (Å²) >= 11 is 6.23. The van der Waals surface area contributed by atoms with Crippen molar-refractivity contribution in [3.05, 3.63) is 99.1 Å². The summed E-state index contributed by atoms with van der Waals surface area (Å²) in [5, 5.41) is 21.4. The molecule has 0 spiro atoms. The van der Waals surface area contributed by atoms with Crippen LogP contribution in [0.3, 0.4) is 0 Å². The summed E-state index contributed by atoms with van der Waals surface area (Å²) in [6, 6.07) is 14.6.